The summed E-state index contributed by atoms with van der Waals surface area (Å²) in [6, 6.07) is 1.67. The van der Waals surface area contributed by atoms with Crippen LogP contribution < -0.4 is 10.5 Å². The average Bonchev–Trinajstić information content (AvgIpc) is 2.68. The fourth-order valence-electron chi connectivity index (χ4n) is 1.62. The maximum atomic E-state index is 12.3. The lowest BCUT2D eigenvalue weighted by Gasteiger charge is -2.30. The molecule has 1 heterocycles. The second-order valence-electron chi connectivity index (χ2n) is 4.32. The maximum absolute atomic E-state index is 12.3. The average molecular weight is 355 g/mol. The smallest absolute Gasteiger partial charge is 0.250 e. The molecule has 0 fully saturated rings. The quantitative estimate of drug-likeness (QED) is 0.824. The zero-order valence-electron chi connectivity index (χ0n) is 10.8. The van der Waals surface area contributed by atoms with E-state index in [9.17, 15) is 8.42 Å². The largest absolute Gasteiger partial charge is 0.329 e. The van der Waals surface area contributed by atoms with Crippen LogP contribution in [0.25, 0.3) is 0 Å². The van der Waals surface area contributed by atoms with E-state index in [1.165, 1.54) is 11.3 Å². The number of rotatable bonds is 6. The number of halogens is 1. The van der Waals surface area contributed by atoms with Gasteiger partial charge in [-0.15, -0.1) is 11.3 Å². The van der Waals surface area contributed by atoms with Gasteiger partial charge in [-0.2, -0.15) is 0 Å². The van der Waals surface area contributed by atoms with E-state index in [4.69, 9.17) is 5.73 Å². The van der Waals surface area contributed by atoms with Gasteiger partial charge in [-0.05, 0) is 47.3 Å². The van der Waals surface area contributed by atoms with Crippen LogP contribution in [0.3, 0.4) is 0 Å². The highest BCUT2D eigenvalue weighted by molar-refractivity contribution is 9.11. The Labute approximate surface area is 121 Å². The van der Waals surface area contributed by atoms with Crippen LogP contribution in [-0.2, 0) is 10.0 Å². The van der Waals surface area contributed by atoms with Crippen LogP contribution in [0.5, 0.6) is 0 Å². The topological polar surface area (TPSA) is 72.2 Å². The first kappa shape index (κ1) is 16.1. The van der Waals surface area contributed by atoms with Crippen molar-refractivity contribution < 1.29 is 8.42 Å². The molecule has 1 rings (SSSR count). The van der Waals surface area contributed by atoms with Gasteiger partial charge in [0.1, 0.15) is 4.21 Å². The Kier molecular flexibility index (Phi) is 5.37. The molecule has 7 heteroatoms. The molecule has 0 radical (unpaired) electrons. The molecule has 0 saturated carbocycles. The molecule has 1 aromatic heterocycles. The predicted octanol–water partition coefficient (Wildman–Crippen LogP) is 2.61. The molecule has 1 aromatic rings. The van der Waals surface area contributed by atoms with E-state index in [2.05, 4.69) is 20.7 Å². The molecule has 0 spiro atoms. The molecule has 0 aliphatic heterocycles. The molecule has 0 bridgehead atoms. The summed E-state index contributed by atoms with van der Waals surface area (Å²) < 4.78 is 28.5. The van der Waals surface area contributed by atoms with E-state index in [0.717, 1.165) is 9.35 Å². The van der Waals surface area contributed by atoms with E-state index in [-0.39, 0.29) is 0 Å². The molecule has 18 heavy (non-hydrogen) atoms. The molecular formula is C11H19BrN2O2S2. The lowest BCUT2D eigenvalue weighted by Crippen LogP contribution is -2.52. The standard InChI is InChI=1S/C11H19BrN2O2S2/c1-4-11(5-2,7-13)14-18(15,16)9-6-8(3)10(12)17-9/h6,14H,4-5,7,13H2,1-3H3. The molecule has 0 unspecified atom stereocenters. The molecule has 4 nitrogen and oxygen atoms in total. The minimum Gasteiger partial charge on any atom is -0.329 e. The number of nitrogens with one attached hydrogen (secondary N) is 1. The van der Waals surface area contributed by atoms with Crippen molar-refractivity contribution in [2.24, 2.45) is 5.73 Å². The normalized spacial score (nSPS) is 12.9. The van der Waals surface area contributed by atoms with Crippen LogP contribution in [0.15, 0.2) is 14.1 Å². The van der Waals surface area contributed by atoms with Crippen molar-refractivity contribution in [2.45, 2.75) is 43.4 Å². The minimum atomic E-state index is -3.50. The summed E-state index contributed by atoms with van der Waals surface area (Å²) in [6.07, 6.45) is 1.34. The number of aryl methyl sites for hydroxylation is 1. The van der Waals surface area contributed by atoms with Gasteiger partial charge in [0, 0.05) is 12.1 Å². The Morgan fingerprint density at radius 1 is 1.44 bits per heavy atom. The van der Waals surface area contributed by atoms with Crippen molar-refractivity contribution in [3.63, 3.8) is 0 Å². The number of sulfonamides is 1. The molecular weight excluding hydrogens is 336 g/mol. The zero-order chi connectivity index (χ0) is 14.0. The second-order valence-corrected chi connectivity index (χ2v) is 8.60. The molecule has 0 atom stereocenters. The Morgan fingerprint density at radius 3 is 2.33 bits per heavy atom. The Balaban J connectivity index is 3.08. The second kappa shape index (κ2) is 6.00. The van der Waals surface area contributed by atoms with Gasteiger partial charge in [-0.25, -0.2) is 13.1 Å². The van der Waals surface area contributed by atoms with Gasteiger partial charge in [-0.1, -0.05) is 13.8 Å². The van der Waals surface area contributed by atoms with Crippen LogP contribution >= 0.6 is 27.3 Å². The van der Waals surface area contributed by atoms with Crippen molar-refractivity contribution in [1.82, 2.24) is 4.72 Å². The van der Waals surface area contributed by atoms with Gasteiger partial charge in [0.05, 0.1) is 3.79 Å². The van der Waals surface area contributed by atoms with Gasteiger partial charge in [-0.3, -0.25) is 0 Å². The summed E-state index contributed by atoms with van der Waals surface area (Å²) >= 11 is 4.56. The van der Waals surface area contributed by atoms with Crippen molar-refractivity contribution >= 4 is 37.3 Å². The van der Waals surface area contributed by atoms with E-state index in [0.29, 0.717) is 23.6 Å². The van der Waals surface area contributed by atoms with Crippen molar-refractivity contribution in [2.75, 3.05) is 6.54 Å². The molecule has 104 valence electrons. The molecule has 3 N–H and O–H groups in total. The van der Waals surface area contributed by atoms with Crippen molar-refractivity contribution in [3.8, 4) is 0 Å². The monoisotopic (exact) mass is 354 g/mol. The summed E-state index contributed by atoms with van der Waals surface area (Å²) in [5.41, 5.74) is 6.09. The Bertz CT molecular complexity index is 479. The van der Waals surface area contributed by atoms with E-state index in [1.807, 2.05) is 20.8 Å². The van der Waals surface area contributed by atoms with E-state index < -0.39 is 15.6 Å². The zero-order valence-corrected chi connectivity index (χ0v) is 14.0. The molecule has 0 aliphatic rings. The Hall–Kier alpha value is 0.0500. The molecule has 0 aromatic carbocycles. The summed E-state index contributed by atoms with van der Waals surface area (Å²) in [7, 11) is -3.50. The van der Waals surface area contributed by atoms with Gasteiger partial charge >= 0.3 is 0 Å². The Morgan fingerprint density at radius 2 is 2.00 bits per heavy atom. The van der Waals surface area contributed by atoms with E-state index >= 15 is 0 Å². The van der Waals surface area contributed by atoms with Crippen LogP contribution in [0.2, 0.25) is 0 Å². The van der Waals surface area contributed by atoms with E-state index in [1.54, 1.807) is 6.07 Å². The highest BCUT2D eigenvalue weighted by atomic mass is 79.9. The van der Waals surface area contributed by atoms with Crippen molar-refractivity contribution in [3.05, 3.63) is 15.4 Å². The van der Waals surface area contributed by atoms with Crippen LogP contribution in [-0.4, -0.2) is 20.5 Å². The van der Waals surface area contributed by atoms with Crippen LogP contribution in [0.1, 0.15) is 32.3 Å². The van der Waals surface area contributed by atoms with Gasteiger partial charge in [0.25, 0.3) is 10.0 Å². The summed E-state index contributed by atoms with van der Waals surface area (Å²) in [6.45, 7) is 6.04. The van der Waals surface area contributed by atoms with Gasteiger partial charge in [0.15, 0.2) is 0 Å². The first-order valence-corrected chi connectivity index (χ1v) is 8.89. The first-order chi connectivity index (χ1) is 8.30. The SMILES string of the molecule is CCC(CC)(CN)NS(=O)(=O)c1cc(C)c(Br)s1. The number of thiophene rings is 1. The third-order valence-corrected chi connectivity index (χ3v) is 7.38. The lowest BCUT2D eigenvalue weighted by molar-refractivity contribution is 0.363. The van der Waals surface area contributed by atoms with Crippen molar-refractivity contribution in [1.29, 1.82) is 0 Å². The minimum absolute atomic E-state index is 0.296. The summed E-state index contributed by atoms with van der Waals surface area (Å²) in [4.78, 5) is 0. The molecule has 0 aliphatic carbocycles. The molecule has 0 amide bonds. The van der Waals surface area contributed by atoms with Gasteiger partial charge < -0.3 is 5.73 Å². The fraction of sp³-hybridized carbons (Fsp3) is 0.636. The number of hydrogen-bond donors (Lipinski definition) is 2. The summed E-state index contributed by atoms with van der Waals surface area (Å²) in [5.74, 6) is 0. The predicted molar refractivity (Wildman–Crippen MR) is 79.4 cm³/mol. The lowest BCUT2D eigenvalue weighted by atomic mass is 9.95. The molecule has 0 saturated heterocycles. The highest BCUT2D eigenvalue weighted by Gasteiger charge is 2.31. The maximum Gasteiger partial charge on any atom is 0.250 e. The van der Waals surface area contributed by atoms with Crippen LogP contribution in [0, 0.1) is 6.92 Å². The number of hydrogen-bond acceptors (Lipinski definition) is 4. The van der Waals surface area contributed by atoms with Crippen LogP contribution in [0.4, 0.5) is 0 Å². The van der Waals surface area contributed by atoms with Gasteiger partial charge in [0.2, 0.25) is 0 Å². The highest BCUT2D eigenvalue weighted by Crippen LogP contribution is 2.31. The number of nitrogens with two attached hydrogens (primary N) is 1. The third-order valence-electron chi connectivity index (χ3n) is 3.19. The third kappa shape index (κ3) is 3.33. The summed E-state index contributed by atoms with van der Waals surface area (Å²) in [5, 5.41) is 0. The fourth-order valence-corrected chi connectivity index (χ4v) is 5.40. The first-order valence-electron chi connectivity index (χ1n) is 5.80.